The van der Waals surface area contributed by atoms with Gasteiger partial charge in [0.05, 0.1) is 17.7 Å². The Bertz CT molecular complexity index is 1070. The minimum absolute atomic E-state index is 0.0867. The maximum Gasteiger partial charge on any atom is 0.254 e. The predicted molar refractivity (Wildman–Crippen MR) is 123 cm³/mol. The summed E-state index contributed by atoms with van der Waals surface area (Å²) >= 11 is 0. The number of nitrogens with one attached hydrogen (secondary N) is 1. The van der Waals surface area contributed by atoms with Gasteiger partial charge in [-0.2, -0.15) is 0 Å². The summed E-state index contributed by atoms with van der Waals surface area (Å²) < 4.78 is 0. The van der Waals surface area contributed by atoms with Gasteiger partial charge in [-0.15, -0.1) is 0 Å². The maximum absolute atomic E-state index is 12.8. The Hall–Kier alpha value is -3.54. The van der Waals surface area contributed by atoms with Gasteiger partial charge >= 0.3 is 0 Å². The first-order valence-corrected chi connectivity index (χ1v) is 11.1. The number of carbonyl (C=O) groups excluding carboxylic acids is 2. The highest BCUT2D eigenvalue weighted by Crippen LogP contribution is 2.25. The van der Waals surface area contributed by atoms with Gasteiger partial charge in [0.15, 0.2) is 0 Å². The van der Waals surface area contributed by atoms with Gasteiger partial charge in [0.2, 0.25) is 5.91 Å². The second-order valence-electron chi connectivity index (χ2n) is 8.24. The molecule has 0 unspecified atom stereocenters. The quantitative estimate of drug-likeness (QED) is 0.650. The molecule has 0 radical (unpaired) electrons. The molecule has 2 heterocycles. The Kier molecular flexibility index (Phi) is 6.90. The van der Waals surface area contributed by atoms with Crippen molar-refractivity contribution in [2.75, 3.05) is 13.1 Å². The van der Waals surface area contributed by atoms with E-state index in [-0.39, 0.29) is 17.7 Å². The van der Waals surface area contributed by atoms with Crippen LogP contribution in [0, 0.1) is 6.92 Å². The molecule has 2 amide bonds. The molecule has 1 atom stereocenters. The van der Waals surface area contributed by atoms with Crippen molar-refractivity contribution in [3.63, 3.8) is 0 Å². The van der Waals surface area contributed by atoms with Crippen molar-refractivity contribution in [1.29, 1.82) is 0 Å². The molecule has 6 heteroatoms. The molecule has 2 aromatic carbocycles. The number of rotatable bonds is 6. The zero-order valence-corrected chi connectivity index (χ0v) is 18.3. The smallest absolute Gasteiger partial charge is 0.254 e. The molecule has 1 N–H and O–H groups in total. The van der Waals surface area contributed by atoms with Gasteiger partial charge in [-0.05, 0) is 30.9 Å². The normalized spacial score (nSPS) is 15.9. The fourth-order valence-corrected chi connectivity index (χ4v) is 4.07. The van der Waals surface area contributed by atoms with Gasteiger partial charge in [0.1, 0.15) is 5.82 Å². The first kappa shape index (κ1) is 21.7. The number of piperidine rings is 1. The van der Waals surface area contributed by atoms with E-state index in [0.717, 1.165) is 30.5 Å². The zero-order valence-electron chi connectivity index (χ0n) is 18.3. The van der Waals surface area contributed by atoms with Crippen LogP contribution in [0.5, 0.6) is 0 Å². The summed E-state index contributed by atoms with van der Waals surface area (Å²) in [6, 6.07) is 19.6. The van der Waals surface area contributed by atoms with E-state index in [0.29, 0.717) is 36.6 Å². The number of nitrogens with zero attached hydrogens (tertiary/aromatic N) is 3. The van der Waals surface area contributed by atoms with E-state index in [1.165, 1.54) is 0 Å². The summed E-state index contributed by atoms with van der Waals surface area (Å²) in [6.07, 6.45) is 3.89. The molecule has 32 heavy (non-hydrogen) atoms. The van der Waals surface area contributed by atoms with Crippen molar-refractivity contribution in [3.8, 4) is 0 Å². The number of aromatic nitrogens is 2. The third-order valence-electron chi connectivity index (χ3n) is 5.88. The zero-order chi connectivity index (χ0) is 22.3. The Morgan fingerprint density at radius 1 is 1.03 bits per heavy atom. The third-order valence-corrected chi connectivity index (χ3v) is 5.88. The van der Waals surface area contributed by atoms with Crippen LogP contribution >= 0.6 is 0 Å². The highest BCUT2D eigenvalue weighted by Gasteiger charge is 2.27. The first-order valence-electron chi connectivity index (χ1n) is 11.1. The van der Waals surface area contributed by atoms with Crippen LogP contribution < -0.4 is 5.32 Å². The summed E-state index contributed by atoms with van der Waals surface area (Å²) in [5.41, 5.74) is 3.21. The Labute approximate surface area is 188 Å². The number of carbonyl (C=O) groups is 2. The van der Waals surface area contributed by atoms with Crippen LogP contribution in [0.3, 0.4) is 0 Å². The largest absolute Gasteiger partial charge is 0.348 e. The summed E-state index contributed by atoms with van der Waals surface area (Å²) in [4.78, 5) is 36.4. The van der Waals surface area contributed by atoms with E-state index in [1.54, 1.807) is 6.20 Å². The van der Waals surface area contributed by atoms with Crippen molar-refractivity contribution < 1.29 is 9.59 Å². The van der Waals surface area contributed by atoms with E-state index in [2.05, 4.69) is 15.3 Å². The van der Waals surface area contributed by atoms with Crippen LogP contribution in [0.15, 0.2) is 66.9 Å². The van der Waals surface area contributed by atoms with Crippen LogP contribution in [0.4, 0.5) is 0 Å². The minimum atomic E-state index is -0.179. The van der Waals surface area contributed by atoms with Crippen molar-refractivity contribution in [1.82, 2.24) is 20.2 Å². The molecule has 0 bridgehead atoms. The number of amides is 2. The predicted octanol–water partition coefficient (Wildman–Crippen LogP) is 3.66. The van der Waals surface area contributed by atoms with Gasteiger partial charge in [-0.25, -0.2) is 9.97 Å². The average Bonchev–Trinajstić information content (AvgIpc) is 2.84. The van der Waals surface area contributed by atoms with Gasteiger partial charge < -0.3 is 10.2 Å². The third kappa shape index (κ3) is 5.38. The second-order valence-corrected chi connectivity index (χ2v) is 8.24. The second kappa shape index (κ2) is 10.2. The van der Waals surface area contributed by atoms with Crippen molar-refractivity contribution >= 4 is 11.8 Å². The summed E-state index contributed by atoms with van der Waals surface area (Å²) in [5.74, 6) is 0.749. The first-order chi connectivity index (χ1) is 15.6. The molecular weight excluding hydrogens is 400 g/mol. The molecule has 164 valence electrons. The van der Waals surface area contributed by atoms with E-state index in [9.17, 15) is 9.59 Å². The van der Waals surface area contributed by atoms with Crippen LogP contribution in [0.1, 0.15) is 51.8 Å². The molecule has 4 rings (SSSR count). The van der Waals surface area contributed by atoms with Crippen LogP contribution in [0.25, 0.3) is 0 Å². The topological polar surface area (TPSA) is 75.2 Å². The standard InChI is InChI=1S/C26H28N4O2/c1-19-23(26(32)28-16-21-11-6-3-7-12-21)17-27-25(29-19)22-13-8-14-30(18-22)24(31)15-20-9-4-2-5-10-20/h2-7,9-12,17,22H,8,13-16,18H2,1H3,(H,28,32)/t22-/m1/s1. The molecule has 1 aromatic heterocycles. The molecule has 1 saturated heterocycles. The van der Waals surface area contributed by atoms with E-state index in [4.69, 9.17) is 0 Å². The van der Waals surface area contributed by atoms with Crippen molar-refractivity contribution in [2.24, 2.45) is 0 Å². The van der Waals surface area contributed by atoms with Gasteiger partial charge in [-0.3, -0.25) is 9.59 Å². The number of hydrogen-bond acceptors (Lipinski definition) is 4. The van der Waals surface area contributed by atoms with Crippen molar-refractivity contribution in [2.45, 2.75) is 38.6 Å². The molecule has 0 saturated carbocycles. The summed E-state index contributed by atoms with van der Waals surface area (Å²) in [6.45, 7) is 3.68. The lowest BCUT2D eigenvalue weighted by Gasteiger charge is -2.32. The fraction of sp³-hybridized carbons (Fsp3) is 0.308. The summed E-state index contributed by atoms with van der Waals surface area (Å²) in [7, 11) is 0. The molecule has 0 aliphatic carbocycles. The number of aryl methyl sites for hydroxylation is 1. The average molecular weight is 429 g/mol. The number of likely N-dealkylation sites (tertiary alicyclic amines) is 1. The lowest BCUT2D eigenvalue weighted by atomic mass is 9.96. The number of benzene rings is 2. The monoisotopic (exact) mass is 428 g/mol. The fourth-order valence-electron chi connectivity index (χ4n) is 4.07. The molecule has 1 fully saturated rings. The van der Waals surface area contributed by atoms with Crippen LogP contribution in [-0.4, -0.2) is 39.8 Å². The SMILES string of the molecule is Cc1nc([C@@H]2CCCN(C(=O)Cc3ccccc3)C2)ncc1C(=O)NCc1ccccc1. The van der Waals surface area contributed by atoms with E-state index < -0.39 is 0 Å². The molecule has 0 spiro atoms. The Balaban J connectivity index is 1.38. The molecule has 3 aromatic rings. The molecule has 1 aliphatic heterocycles. The van der Waals surface area contributed by atoms with Gasteiger partial charge in [-0.1, -0.05) is 60.7 Å². The van der Waals surface area contributed by atoms with Crippen LogP contribution in [-0.2, 0) is 17.8 Å². The Morgan fingerprint density at radius 3 is 2.41 bits per heavy atom. The summed E-state index contributed by atoms with van der Waals surface area (Å²) in [5, 5.41) is 2.93. The van der Waals surface area contributed by atoms with E-state index >= 15 is 0 Å². The maximum atomic E-state index is 12.8. The highest BCUT2D eigenvalue weighted by molar-refractivity contribution is 5.94. The van der Waals surface area contributed by atoms with Crippen LogP contribution in [0.2, 0.25) is 0 Å². The molecule has 1 aliphatic rings. The Morgan fingerprint density at radius 2 is 1.72 bits per heavy atom. The molecule has 6 nitrogen and oxygen atoms in total. The number of hydrogen-bond donors (Lipinski definition) is 1. The lowest BCUT2D eigenvalue weighted by molar-refractivity contribution is -0.131. The minimum Gasteiger partial charge on any atom is -0.348 e. The lowest BCUT2D eigenvalue weighted by Crippen LogP contribution is -2.40. The van der Waals surface area contributed by atoms with Gasteiger partial charge in [0.25, 0.3) is 5.91 Å². The van der Waals surface area contributed by atoms with E-state index in [1.807, 2.05) is 72.5 Å². The van der Waals surface area contributed by atoms with Gasteiger partial charge in [0, 0.05) is 31.7 Å². The molecular formula is C26H28N4O2. The highest BCUT2D eigenvalue weighted by atomic mass is 16.2. The van der Waals surface area contributed by atoms with Crippen molar-refractivity contribution in [3.05, 3.63) is 95.1 Å².